The average Bonchev–Trinajstić information content (AvgIpc) is 3.32. The van der Waals surface area contributed by atoms with E-state index in [0.29, 0.717) is 16.4 Å². The summed E-state index contributed by atoms with van der Waals surface area (Å²) in [5.41, 5.74) is 4.04. The molecule has 0 bridgehead atoms. The number of amides is 1. The van der Waals surface area contributed by atoms with Gasteiger partial charge < -0.3 is 4.42 Å². The number of anilines is 1. The molecule has 0 unspecified atom stereocenters. The van der Waals surface area contributed by atoms with Crippen molar-refractivity contribution in [1.29, 1.82) is 0 Å². The molecule has 2 aromatic carbocycles. The van der Waals surface area contributed by atoms with Crippen LogP contribution in [0.5, 0.6) is 0 Å². The van der Waals surface area contributed by atoms with Gasteiger partial charge in [0.25, 0.3) is 11.6 Å². The van der Waals surface area contributed by atoms with Crippen LogP contribution in [0.4, 0.5) is 10.8 Å². The smallest absolute Gasteiger partial charge is 0.293 e. The fourth-order valence-electron chi connectivity index (χ4n) is 3.08. The van der Waals surface area contributed by atoms with E-state index in [0.717, 1.165) is 22.9 Å². The van der Waals surface area contributed by atoms with Gasteiger partial charge in [-0.1, -0.05) is 13.0 Å². The number of aryl methyl sites for hydroxylation is 2. The molecule has 2 aromatic heterocycles. The number of nitro benzene ring substituents is 1. The normalized spacial score (nSPS) is 11.0. The summed E-state index contributed by atoms with van der Waals surface area (Å²) >= 11 is 1.28. The first-order valence-corrected chi connectivity index (χ1v) is 9.88. The summed E-state index contributed by atoms with van der Waals surface area (Å²) in [7, 11) is 0. The second-order valence-corrected chi connectivity index (χ2v) is 7.39. The van der Waals surface area contributed by atoms with Crippen LogP contribution < -0.4 is 5.32 Å². The number of carbonyl (C=O) groups excluding carboxylic acids is 1. The fourth-order valence-corrected chi connectivity index (χ4v) is 3.79. The summed E-state index contributed by atoms with van der Waals surface area (Å²) < 4.78 is 5.76. The number of furan rings is 1. The lowest BCUT2D eigenvalue weighted by Crippen LogP contribution is -2.11. The lowest BCUT2D eigenvalue weighted by atomic mass is 10.1. The molecule has 0 saturated heterocycles. The fraction of sp³-hybridized carbons (Fsp3) is 0.143. The minimum Gasteiger partial charge on any atom is -0.451 e. The standard InChI is InChI=1S/C21H17N3O4S/c1-3-13-4-9-18-16(10-13)12(2)19(28-18)20(25)23-21-22-17(11-29-21)14-5-7-15(8-6-14)24(26)27/h4-11H,3H2,1-2H3,(H,22,23,25). The van der Waals surface area contributed by atoms with Crippen LogP contribution in [0.15, 0.2) is 52.3 Å². The first-order chi connectivity index (χ1) is 14.0. The van der Waals surface area contributed by atoms with Crippen molar-refractivity contribution in [2.75, 3.05) is 5.32 Å². The zero-order chi connectivity index (χ0) is 20.5. The van der Waals surface area contributed by atoms with Gasteiger partial charge in [0.15, 0.2) is 10.9 Å². The van der Waals surface area contributed by atoms with Crippen molar-refractivity contribution in [2.24, 2.45) is 0 Å². The zero-order valence-corrected chi connectivity index (χ0v) is 16.6. The van der Waals surface area contributed by atoms with Gasteiger partial charge in [0.1, 0.15) is 5.58 Å². The summed E-state index contributed by atoms with van der Waals surface area (Å²) in [6, 6.07) is 12.0. The van der Waals surface area contributed by atoms with E-state index in [1.165, 1.54) is 29.0 Å². The second kappa shape index (κ2) is 7.48. The zero-order valence-electron chi connectivity index (χ0n) is 15.8. The Hall–Kier alpha value is -3.52. The maximum atomic E-state index is 12.7. The van der Waals surface area contributed by atoms with Gasteiger partial charge >= 0.3 is 0 Å². The van der Waals surface area contributed by atoms with Crippen LogP contribution in [-0.4, -0.2) is 15.8 Å². The Kier molecular flexibility index (Phi) is 4.85. The minimum absolute atomic E-state index is 0.0177. The molecule has 4 aromatic rings. The number of aromatic nitrogens is 1. The Morgan fingerprint density at radius 1 is 1.24 bits per heavy atom. The molecule has 146 valence electrons. The van der Waals surface area contributed by atoms with Crippen LogP contribution >= 0.6 is 11.3 Å². The van der Waals surface area contributed by atoms with Crippen molar-refractivity contribution in [3.05, 3.63) is 74.8 Å². The Balaban J connectivity index is 1.56. The molecule has 7 nitrogen and oxygen atoms in total. The highest BCUT2D eigenvalue weighted by atomic mass is 32.1. The van der Waals surface area contributed by atoms with Crippen molar-refractivity contribution < 1.29 is 14.1 Å². The molecule has 8 heteroatoms. The number of nitrogens with one attached hydrogen (secondary N) is 1. The third-order valence-electron chi connectivity index (χ3n) is 4.71. The predicted octanol–water partition coefficient (Wildman–Crippen LogP) is 5.59. The number of hydrogen-bond donors (Lipinski definition) is 1. The van der Waals surface area contributed by atoms with E-state index in [-0.39, 0.29) is 17.4 Å². The maximum Gasteiger partial charge on any atom is 0.293 e. The molecule has 0 spiro atoms. The summed E-state index contributed by atoms with van der Waals surface area (Å²) in [5, 5.41) is 16.7. The predicted molar refractivity (Wildman–Crippen MR) is 112 cm³/mol. The van der Waals surface area contributed by atoms with Gasteiger partial charge in [-0.2, -0.15) is 0 Å². The lowest BCUT2D eigenvalue weighted by molar-refractivity contribution is -0.384. The van der Waals surface area contributed by atoms with Crippen molar-refractivity contribution in [2.45, 2.75) is 20.3 Å². The molecule has 0 aliphatic heterocycles. The molecule has 2 heterocycles. The third kappa shape index (κ3) is 3.62. The maximum absolute atomic E-state index is 12.7. The molecule has 0 aliphatic carbocycles. The highest BCUT2D eigenvalue weighted by Gasteiger charge is 2.19. The Morgan fingerprint density at radius 3 is 2.69 bits per heavy atom. The van der Waals surface area contributed by atoms with Crippen molar-refractivity contribution in [1.82, 2.24) is 4.98 Å². The number of carbonyl (C=O) groups is 1. The molecule has 0 aliphatic rings. The van der Waals surface area contributed by atoms with Crippen molar-refractivity contribution in [3.8, 4) is 11.3 Å². The topological polar surface area (TPSA) is 98.3 Å². The monoisotopic (exact) mass is 407 g/mol. The number of fused-ring (bicyclic) bond motifs is 1. The van der Waals surface area contributed by atoms with Gasteiger partial charge in [-0.3, -0.25) is 20.2 Å². The van der Waals surface area contributed by atoms with Gasteiger partial charge in [0, 0.05) is 34.0 Å². The van der Waals surface area contributed by atoms with Gasteiger partial charge in [-0.25, -0.2) is 4.98 Å². The van der Waals surface area contributed by atoms with Crippen LogP contribution in [-0.2, 0) is 6.42 Å². The van der Waals surface area contributed by atoms with Crippen molar-refractivity contribution >= 4 is 39.0 Å². The quantitative estimate of drug-likeness (QED) is 0.344. The number of nitrogens with zero attached hydrogens (tertiary/aromatic N) is 2. The van der Waals surface area contributed by atoms with Crippen molar-refractivity contribution in [3.63, 3.8) is 0 Å². The number of hydrogen-bond acceptors (Lipinski definition) is 6. The Bertz CT molecular complexity index is 1220. The van der Waals surface area contributed by atoms with E-state index in [4.69, 9.17) is 4.42 Å². The lowest BCUT2D eigenvalue weighted by Gasteiger charge is -2.00. The molecular weight excluding hydrogens is 390 g/mol. The van der Waals surface area contributed by atoms with Gasteiger partial charge in [-0.05, 0) is 43.2 Å². The molecule has 0 fully saturated rings. The molecule has 0 atom stereocenters. The number of nitro groups is 1. The van der Waals surface area contributed by atoms with Crippen LogP contribution in [0.2, 0.25) is 0 Å². The number of non-ortho nitro benzene ring substituents is 1. The number of benzene rings is 2. The molecule has 1 amide bonds. The first-order valence-electron chi connectivity index (χ1n) is 9.00. The van der Waals surface area contributed by atoms with Gasteiger partial charge in [0.05, 0.1) is 10.6 Å². The van der Waals surface area contributed by atoms with E-state index in [1.807, 2.05) is 25.1 Å². The molecule has 1 N–H and O–H groups in total. The number of thiazole rings is 1. The average molecular weight is 407 g/mol. The second-order valence-electron chi connectivity index (χ2n) is 6.54. The molecular formula is C21H17N3O4S. The molecule has 0 radical (unpaired) electrons. The van der Waals surface area contributed by atoms with Crippen LogP contribution in [0.25, 0.3) is 22.2 Å². The van der Waals surface area contributed by atoms with Crippen LogP contribution in [0.3, 0.4) is 0 Å². The van der Waals surface area contributed by atoms with E-state index < -0.39 is 4.92 Å². The summed E-state index contributed by atoms with van der Waals surface area (Å²) in [4.78, 5) is 27.4. The van der Waals surface area contributed by atoms with Gasteiger partial charge in [-0.15, -0.1) is 11.3 Å². The highest BCUT2D eigenvalue weighted by molar-refractivity contribution is 7.14. The largest absolute Gasteiger partial charge is 0.451 e. The Labute approximate surface area is 170 Å². The van der Waals surface area contributed by atoms with E-state index in [2.05, 4.69) is 17.2 Å². The van der Waals surface area contributed by atoms with E-state index in [9.17, 15) is 14.9 Å². The SMILES string of the molecule is CCc1ccc2oc(C(=O)Nc3nc(-c4ccc([N+](=O)[O-])cc4)cs3)c(C)c2c1. The summed E-state index contributed by atoms with van der Waals surface area (Å²) in [6.07, 6.45) is 0.909. The van der Waals surface area contributed by atoms with E-state index >= 15 is 0 Å². The van der Waals surface area contributed by atoms with Crippen LogP contribution in [0, 0.1) is 17.0 Å². The minimum atomic E-state index is -0.449. The summed E-state index contributed by atoms with van der Waals surface area (Å²) in [5.74, 6) is -0.0957. The third-order valence-corrected chi connectivity index (χ3v) is 5.47. The first kappa shape index (κ1) is 18.8. The van der Waals surface area contributed by atoms with Gasteiger partial charge in [0.2, 0.25) is 0 Å². The van der Waals surface area contributed by atoms with E-state index in [1.54, 1.807) is 17.5 Å². The summed E-state index contributed by atoms with van der Waals surface area (Å²) in [6.45, 7) is 3.94. The Morgan fingerprint density at radius 2 is 2.00 bits per heavy atom. The van der Waals surface area contributed by atoms with Crippen LogP contribution in [0.1, 0.15) is 28.6 Å². The number of rotatable bonds is 5. The molecule has 0 saturated carbocycles. The molecule has 29 heavy (non-hydrogen) atoms. The highest BCUT2D eigenvalue weighted by Crippen LogP contribution is 2.29. The molecule has 4 rings (SSSR count).